The number of halogens is 4. The van der Waals surface area contributed by atoms with E-state index in [1.165, 1.54) is 12.1 Å². The van der Waals surface area contributed by atoms with Crippen molar-refractivity contribution in [1.29, 1.82) is 0 Å². The van der Waals surface area contributed by atoms with Crippen LogP contribution in [0.2, 0.25) is 5.02 Å². The van der Waals surface area contributed by atoms with Crippen molar-refractivity contribution >= 4 is 17.5 Å². The van der Waals surface area contributed by atoms with Gasteiger partial charge < -0.3 is 15.5 Å². The van der Waals surface area contributed by atoms with Crippen LogP contribution in [0.15, 0.2) is 48.5 Å². The largest absolute Gasteiger partial charge is 0.416 e. The Balaban J connectivity index is 1.74. The van der Waals surface area contributed by atoms with E-state index in [4.69, 9.17) is 11.6 Å². The number of carbonyl (C=O) groups excluding carboxylic acids is 1. The fourth-order valence-corrected chi connectivity index (χ4v) is 3.62. The minimum absolute atomic E-state index is 0.0518. The zero-order valence-corrected chi connectivity index (χ0v) is 15.4. The molecule has 1 aliphatic carbocycles. The van der Waals surface area contributed by atoms with E-state index < -0.39 is 35.9 Å². The second-order valence-electron chi connectivity index (χ2n) is 6.92. The number of nitrogens with one attached hydrogen (secondary N) is 1. The number of carbonyl (C=O) groups is 1. The summed E-state index contributed by atoms with van der Waals surface area (Å²) in [5.41, 5.74) is 0.458. The maximum Gasteiger partial charge on any atom is 0.416 e. The van der Waals surface area contributed by atoms with Crippen molar-refractivity contribution in [1.82, 2.24) is 5.32 Å². The summed E-state index contributed by atoms with van der Waals surface area (Å²) in [5.74, 6) is -0.862. The fraction of sp³-hybridized carbons (Fsp3) is 0.350. The first-order valence-corrected chi connectivity index (χ1v) is 9.10. The van der Waals surface area contributed by atoms with Gasteiger partial charge in [0.15, 0.2) is 0 Å². The van der Waals surface area contributed by atoms with Crippen LogP contribution in [-0.2, 0) is 17.4 Å². The lowest BCUT2D eigenvalue weighted by atomic mass is 9.92. The van der Waals surface area contributed by atoms with Crippen LogP contribution >= 0.6 is 11.6 Å². The minimum Gasteiger partial charge on any atom is -0.390 e. The maximum absolute atomic E-state index is 12.8. The normalized spacial score (nSPS) is 24.9. The molecule has 4 unspecified atom stereocenters. The van der Waals surface area contributed by atoms with Crippen LogP contribution < -0.4 is 5.32 Å². The minimum atomic E-state index is -4.45. The van der Waals surface area contributed by atoms with Gasteiger partial charge in [-0.3, -0.25) is 4.79 Å². The van der Waals surface area contributed by atoms with Crippen molar-refractivity contribution in [3.05, 3.63) is 70.2 Å². The number of amides is 1. The van der Waals surface area contributed by atoms with Gasteiger partial charge in [-0.15, -0.1) is 0 Å². The van der Waals surface area contributed by atoms with Gasteiger partial charge in [0.2, 0.25) is 5.91 Å². The second kappa shape index (κ2) is 8.11. The molecule has 0 heterocycles. The smallest absolute Gasteiger partial charge is 0.390 e. The topological polar surface area (TPSA) is 69.6 Å². The number of alkyl halides is 3. The predicted molar refractivity (Wildman–Crippen MR) is 97.9 cm³/mol. The summed E-state index contributed by atoms with van der Waals surface area (Å²) in [4.78, 5) is 12.4. The molecule has 8 heteroatoms. The van der Waals surface area contributed by atoms with E-state index in [9.17, 15) is 28.2 Å². The number of hydrogen-bond donors (Lipinski definition) is 3. The molecule has 0 bridgehead atoms. The molecule has 28 heavy (non-hydrogen) atoms. The molecule has 4 nitrogen and oxygen atoms in total. The first-order chi connectivity index (χ1) is 13.1. The Morgan fingerprint density at radius 2 is 1.68 bits per heavy atom. The van der Waals surface area contributed by atoms with Crippen molar-refractivity contribution < 1.29 is 28.2 Å². The number of rotatable bonds is 4. The molecule has 0 aromatic heterocycles. The highest BCUT2D eigenvalue weighted by molar-refractivity contribution is 6.30. The van der Waals surface area contributed by atoms with Crippen LogP contribution in [0.25, 0.3) is 0 Å². The van der Waals surface area contributed by atoms with Crippen molar-refractivity contribution in [3.8, 4) is 0 Å². The molecular formula is C20H19ClF3NO3. The number of hydrogen-bond acceptors (Lipinski definition) is 3. The van der Waals surface area contributed by atoms with Crippen LogP contribution in [-0.4, -0.2) is 34.4 Å². The van der Waals surface area contributed by atoms with E-state index in [0.29, 0.717) is 10.6 Å². The van der Waals surface area contributed by atoms with Crippen molar-refractivity contribution in [2.24, 2.45) is 0 Å². The van der Waals surface area contributed by atoms with Gasteiger partial charge in [-0.25, -0.2) is 0 Å². The first kappa shape index (κ1) is 20.6. The average molecular weight is 414 g/mol. The molecule has 3 rings (SSSR count). The summed E-state index contributed by atoms with van der Waals surface area (Å²) in [5, 5.41) is 23.5. The lowest BCUT2D eigenvalue weighted by molar-refractivity contribution is -0.137. The molecular weight excluding hydrogens is 395 g/mol. The Kier molecular flexibility index (Phi) is 5.98. The molecule has 0 spiro atoms. The zero-order valence-electron chi connectivity index (χ0n) is 14.7. The van der Waals surface area contributed by atoms with Crippen molar-refractivity contribution in [2.45, 2.75) is 43.2 Å². The molecule has 1 saturated carbocycles. The van der Waals surface area contributed by atoms with E-state index >= 15 is 0 Å². The van der Waals surface area contributed by atoms with E-state index in [1.54, 1.807) is 24.3 Å². The third kappa shape index (κ3) is 4.66. The van der Waals surface area contributed by atoms with Gasteiger partial charge in [0.25, 0.3) is 0 Å². The summed E-state index contributed by atoms with van der Waals surface area (Å²) in [6.45, 7) is 0. The highest BCUT2D eigenvalue weighted by Gasteiger charge is 2.43. The van der Waals surface area contributed by atoms with Crippen LogP contribution in [0.4, 0.5) is 13.2 Å². The van der Waals surface area contributed by atoms with Crippen LogP contribution in [0, 0.1) is 0 Å². The molecule has 1 amide bonds. The van der Waals surface area contributed by atoms with E-state index in [2.05, 4.69) is 5.32 Å². The molecule has 0 aliphatic heterocycles. The highest BCUT2D eigenvalue weighted by atomic mass is 35.5. The van der Waals surface area contributed by atoms with Crippen molar-refractivity contribution in [2.75, 3.05) is 0 Å². The molecule has 2 aromatic carbocycles. The Bertz CT molecular complexity index is 824. The van der Waals surface area contributed by atoms with E-state index in [0.717, 1.165) is 17.7 Å². The zero-order chi connectivity index (χ0) is 20.5. The van der Waals surface area contributed by atoms with Crippen LogP contribution in [0.1, 0.15) is 29.0 Å². The first-order valence-electron chi connectivity index (χ1n) is 8.72. The summed E-state index contributed by atoms with van der Waals surface area (Å²) in [6, 6.07) is 10.5. The molecule has 2 aromatic rings. The average Bonchev–Trinajstić information content (AvgIpc) is 2.91. The molecule has 150 valence electrons. The standard InChI is InChI=1S/C20H19ClF3NO3/c21-14-7-1-11(2-8-14)9-17(27)25-18-15(10-16(26)19(18)28)12-3-5-13(6-4-12)20(22,23)24/h1-8,15-16,18-19,26,28H,9-10H2,(H,25,27). The van der Waals surface area contributed by atoms with Gasteiger partial charge in [0.1, 0.15) is 6.10 Å². The molecule has 0 saturated heterocycles. The monoisotopic (exact) mass is 413 g/mol. The van der Waals surface area contributed by atoms with Gasteiger partial charge in [0, 0.05) is 10.9 Å². The van der Waals surface area contributed by atoms with Gasteiger partial charge >= 0.3 is 6.18 Å². The fourth-order valence-electron chi connectivity index (χ4n) is 3.50. The van der Waals surface area contributed by atoms with Gasteiger partial charge in [-0.1, -0.05) is 35.9 Å². The summed E-state index contributed by atoms with van der Waals surface area (Å²) in [7, 11) is 0. The quantitative estimate of drug-likeness (QED) is 0.720. The van der Waals surface area contributed by atoms with Gasteiger partial charge in [0.05, 0.1) is 24.1 Å². The predicted octanol–water partition coefficient (Wildman–Crippen LogP) is 3.30. The Morgan fingerprint density at radius 1 is 1.07 bits per heavy atom. The summed E-state index contributed by atoms with van der Waals surface area (Å²) in [6.07, 6.45) is -6.54. The molecule has 0 radical (unpaired) electrons. The number of benzene rings is 2. The third-order valence-corrected chi connectivity index (χ3v) is 5.21. The second-order valence-corrected chi connectivity index (χ2v) is 7.35. The summed E-state index contributed by atoms with van der Waals surface area (Å²) < 4.78 is 38.3. The SMILES string of the molecule is O=C(Cc1ccc(Cl)cc1)NC1C(c2ccc(C(F)(F)F)cc2)CC(O)C1O. The van der Waals surface area contributed by atoms with Crippen molar-refractivity contribution in [3.63, 3.8) is 0 Å². The van der Waals surface area contributed by atoms with Gasteiger partial charge in [-0.2, -0.15) is 13.2 Å². The Morgan fingerprint density at radius 3 is 2.25 bits per heavy atom. The lowest BCUT2D eigenvalue weighted by Crippen LogP contribution is -2.45. The van der Waals surface area contributed by atoms with Crippen LogP contribution in [0.5, 0.6) is 0 Å². The molecule has 4 atom stereocenters. The highest BCUT2D eigenvalue weighted by Crippen LogP contribution is 2.37. The maximum atomic E-state index is 12.8. The lowest BCUT2D eigenvalue weighted by Gasteiger charge is -2.24. The number of aliphatic hydroxyl groups excluding tert-OH is 2. The summed E-state index contributed by atoms with van der Waals surface area (Å²) >= 11 is 5.82. The van der Waals surface area contributed by atoms with E-state index in [1.807, 2.05) is 0 Å². The Hall–Kier alpha value is -2.09. The number of aliphatic hydroxyl groups is 2. The van der Waals surface area contributed by atoms with E-state index in [-0.39, 0.29) is 18.7 Å². The molecule has 1 fully saturated rings. The molecule has 1 aliphatic rings. The molecule has 3 N–H and O–H groups in total. The third-order valence-electron chi connectivity index (χ3n) is 4.96. The van der Waals surface area contributed by atoms with Crippen LogP contribution in [0.3, 0.4) is 0 Å². The van der Waals surface area contributed by atoms with Gasteiger partial charge in [-0.05, 0) is 41.8 Å². The Labute approximate surface area is 165 Å².